The quantitative estimate of drug-likeness (QED) is 0.163. The predicted molar refractivity (Wildman–Crippen MR) is 247 cm³/mol. The first-order valence-corrected chi connectivity index (χ1v) is 20.7. The minimum Gasteiger partial charge on any atom is -0.311 e. The summed E-state index contributed by atoms with van der Waals surface area (Å²) in [6.45, 7) is 4.77. The van der Waals surface area contributed by atoms with Crippen LogP contribution in [0.1, 0.15) is 47.2 Å². The zero-order chi connectivity index (χ0) is 39.6. The molecule has 0 saturated carbocycles. The second-order valence-electron chi connectivity index (χ2n) is 16.5. The van der Waals surface area contributed by atoms with E-state index in [1.807, 2.05) is 0 Å². The van der Waals surface area contributed by atoms with Crippen LogP contribution in [0.3, 0.4) is 0 Å². The third-order valence-corrected chi connectivity index (χ3v) is 13.0. The van der Waals surface area contributed by atoms with E-state index in [2.05, 4.69) is 243 Å². The second-order valence-corrected chi connectivity index (χ2v) is 16.5. The molecular formula is C58H43N. The van der Waals surface area contributed by atoms with Crippen LogP contribution in [-0.4, -0.2) is 0 Å². The fourth-order valence-electron chi connectivity index (χ4n) is 10.2. The van der Waals surface area contributed by atoms with Gasteiger partial charge in [-0.15, -0.1) is 0 Å². The van der Waals surface area contributed by atoms with Crippen molar-refractivity contribution < 1.29 is 0 Å². The van der Waals surface area contributed by atoms with Gasteiger partial charge in [0.05, 0.1) is 5.41 Å². The monoisotopic (exact) mass is 753 g/mol. The summed E-state index contributed by atoms with van der Waals surface area (Å²) < 4.78 is 0. The Morgan fingerprint density at radius 1 is 0.271 bits per heavy atom. The SMILES string of the molecule is CC1(C)c2ccccc2C2(c3ccccc3-c3ccc(-c4cccc(-c5ccc(N(c6ccccc6)c6ccc(-c7ccccc7)cc6)cc5)c4)cc32)c2ccccc21. The summed E-state index contributed by atoms with van der Waals surface area (Å²) in [5, 5.41) is 0. The van der Waals surface area contributed by atoms with Crippen LogP contribution in [0.2, 0.25) is 0 Å². The fourth-order valence-corrected chi connectivity index (χ4v) is 10.2. The molecule has 0 aliphatic heterocycles. The number of anilines is 3. The van der Waals surface area contributed by atoms with Crippen molar-refractivity contribution in [1.82, 2.24) is 0 Å². The van der Waals surface area contributed by atoms with Gasteiger partial charge in [-0.05, 0) is 126 Å². The highest BCUT2D eigenvalue weighted by atomic mass is 15.1. The van der Waals surface area contributed by atoms with Crippen molar-refractivity contribution in [3.8, 4) is 44.5 Å². The van der Waals surface area contributed by atoms with Gasteiger partial charge >= 0.3 is 0 Å². The summed E-state index contributed by atoms with van der Waals surface area (Å²) in [7, 11) is 0. The van der Waals surface area contributed by atoms with Gasteiger partial charge in [-0.3, -0.25) is 0 Å². The number of rotatable bonds is 6. The number of para-hydroxylation sites is 1. The van der Waals surface area contributed by atoms with Crippen molar-refractivity contribution in [3.63, 3.8) is 0 Å². The van der Waals surface area contributed by atoms with Gasteiger partial charge in [0.2, 0.25) is 0 Å². The van der Waals surface area contributed by atoms with E-state index in [1.54, 1.807) is 0 Å². The lowest BCUT2D eigenvalue weighted by Crippen LogP contribution is -2.40. The lowest BCUT2D eigenvalue weighted by molar-refractivity contribution is 0.563. The second kappa shape index (κ2) is 13.7. The molecule has 280 valence electrons. The van der Waals surface area contributed by atoms with Crippen LogP contribution >= 0.6 is 0 Å². The van der Waals surface area contributed by atoms with Gasteiger partial charge in [-0.1, -0.05) is 190 Å². The molecule has 1 spiro atoms. The lowest BCUT2D eigenvalue weighted by atomic mass is 9.55. The van der Waals surface area contributed by atoms with Crippen LogP contribution in [0.25, 0.3) is 44.5 Å². The van der Waals surface area contributed by atoms with E-state index in [-0.39, 0.29) is 5.41 Å². The van der Waals surface area contributed by atoms with E-state index < -0.39 is 5.41 Å². The molecule has 2 aliphatic carbocycles. The third-order valence-electron chi connectivity index (χ3n) is 13.0. The molecule has 0 fully saturated rings. The summed E-state index contributed by atoms with van der Waals surface area (Å²) in [6, 6.07) is 82.7. The van der Waals surface area contributed by atoms with Crippen LogP contribution in [-0.2, 0) is 10.8 Å². The van der Waals surface area contributed by atoms with Crippen molar-refractivity contribution in [1.29, 1.82) is 0 Å². The minimum absolute atomic E-state index is 0.122. The highest BCUT2D eigenvalue weighted by Gasteiger charge is 2.53. The first kappa shape index (κ1) is 35.0. The standard InChI is InChI=1S/C58H43N/c1-57(2)52-24-11-13-26-54(52)58(55-27-14-12-25-53(55)57)51-23-10-9-22-49(51)50-37-32-45(39-56(50)58)44-19-15-18-43(38-44)42-30-35-48(36-31-42)59(46-20-7-4-8-21-46)47-33-28-41(29-34-47)40-16-5-3-6-17-40/h3-39H,1-2H3. The zero-order valence-corrected chi connectivity index (χ0v) is 33.3. The molecule has 59 heavy (non-hydrogen) atoms. The number of hydrogen-bond donors (Lipinski definition) is 0. The van der Waals surface area contributed by atoms with Crippen LogP contribution in [0, 0.1) is 0 Å². The Balaban J connectivity index is 0.986. The van der Waals surface area contributed by atoms with Crippen LogP contribution in [0.4, 0.5) is 17.1 Å². The van der Waals surface area contributed by atoms with E-state index in [1.165, 1.54) is 77.9 Å². The summed E-state index contributed by atoms with van der Waals surface area (Å²) >= 11 is 0. The normalized spacial score (nSPS) is 13.9. The van der Waals surface area contributed by atoms with E-state index in [0.29, 0.717) is 0 Å². The van der Waals surface area contributed by atoms with Gasteiger partial charge in [0.15, 0.2) is 0 Å². The Kier molecular flexibility index (Phi) is 8.13. The Labute approximate surface area is 347 Å². The van der Waals surface area contributed by atoms with Crippen LogP contribution < -0.4 is 4.90 Å². The van der Waals surface area contributed by atoms with Crippen LogP contribution in [0.5, 0.6) is 0 Å². The fraction of sp³-hybridized carbons (Fsp3) is 0.0690. The maximum Gasteiger partial charge on any atom is 0.0719 e. The van der Waals surface area contributed by atoms with Gasteiger partial charge in [0.1, 0.15) is 0 Å². The lowest BCUT2D eigenvalue weighted by Gasteiger charge is -2.46. The topological polar surface area (TPSA) is 3.24 Å². The molecule has 0 heterocycles. The first-order valence-electron chi connectivity index (χ1n) is 20.7. The Morgan fingerprint density at radius 2 is 0.661 bits per heavy atom. The van der Waals surface area contributed by atoms with E-state index in [9.17, 15) is 0 Å². The third kappa shape index (κ3) is 5.46. The molecule has 0 radical (unpaired) electrons. The molecule has 0 amide bonds. The Hall–Kier alpha value is -7.22. The summed E-state index contributed by atoms with van der Waals surface area (Å²) in [4.78, 5) is 2.33. The van der Waals surface area contributed by atoms with Crippen LogP contribution in [0.15, 0.2) is 224 Å². The first-order chi connectivity index (χ1) is 29.0. The molecular weight excluding hydrogens is 711 g/mol. The van der Waals surface area contributed by atoms with Gasteiger partial charge in [0, 0.05) is 22.5 Å². The summed E-state index contributed by atoms with van der Waals surface area (Å²) in [5.74, 6) is 0. The van der Waals surface area contributed by atoms with E-state index in [4.69, 9.17) is 0 Å². The van der Waals surface area contributed by atoms with E-state index in [0.717, 1.165) is 17.1 Å². The molecule has 11 rings (SSSR count). The molecule has 9 aromatic carbocycles. The van der Waals surface area contributed by atoms with Crippen molar-refractivity contribution >= 4 is 17.1 Å². The molecule has 2 aliphatic rings. The van der Waals surface area contributed by atoms with Crippen molar-refractivity contribution in [2.45, 2.75) is 24.7 Å². The largest absolute Gasteiger partial charge is 0.311 e. The summed E-state index contributed by atoms with van der Waals surface area (Å²) in [6.07, 6.45) is 0. The highest BCUT2D eigenvalue weighted by molar-refractivity contribution is 5.90. The van der Waals surface area contributed by atoms with Crippen molar-refractivity contribution in [2.24, 2.45) is 0 Å². The molecule has 0 unspecified atom stereocenters. The molecule has 0 atom stereocenters. The van der Waals surface area contributed by atoms with E-state index >= 15 is 0 Å². The molecule has 0 N–H and O–H groups in total. The number of hydrogen-bond acceptors (Lipinski definition) is 1. The zero-order valence-electron chi connectivity index (χ0n) is 33.3. The number of benzene rings is 9. The molecule has 0 aromatic heterocycles. The predicted octanol–water partition coefficient (Wildman–Crippen LogP) is 15.2. The molecule has 0 bridgehead atoms. The van der Waals surface area contributed by atoms with Crippen molar-refractivity contribution in [2.75, 3.05) is 4.90 Å². The molecule has 0 saturated heterocycles. The maximum atomic E-state index is 2.49. The smallest absolute Gasteiger partial charge is 0.0719 e. The van der Waals surface area contributed by atoms with Gasteiger partial charge in [0.25, 0.3) is 0 Å². The number of fused-ring (bicyclic) bond motifs is 9. The minimum atomic E-state index is -0.412. The average Bonchev–Trinajstić information content (AvgIpc) is 3.60. The Bertz CT molecular complexity index is 2940. The number of nitrogens with zero attached hydrogens (tertiary/aromatic N) is 1. The molecule has 9 aromatic rings. The molecule has 1 nitrogen and oxygen atoms in total. The highest BCUT2D eigenvalue weighted by Crippen LogP contribution is 2.62. The maximum absolute atomic E-state index is 2.49. The molecule has 1 heteroatoms. The summed E-state index contributed by atoms with van der Waals surface area (Å²) in [5.41, 5.74) is 21.0. The van der Waals surface area contributed by atoms with Gasteiger partial charge in [-0.2, -0.15) is 0 Å². The van der Waals surface area contributed by atoms with Crippen molar-refractivity contribution in [3.05, 3.63) is 258 Å². The average molecular weight is 754 g/mol. The Morgan fingerprint density at radius 3 is 1.27 bits per heavy atom. The van der Waals surface area contributed by atoms with Gasteiger partial charge < -0.3 is 4.90 Å². The van der Waals surface area contributed by atoms with Gasteiger partial charge in [-0.25, -0.2) is 0 Å².